The second-order valence-corrected chi connectivity index (χ2v) is 5.54. The lowest BCUT2D eigenvalue weighted by atomic mass is 9.83. The third kappa shape index (κ3) is 2.18. The summed E-state index contributed by atoms with van der Waals surface area (Å²) in [6.07, 6.45) is 1.50. The summed E-state index contributed by atoms with van der Waals surface area (Å²) >= 11 is 0. The number of carbonyl (C=O) groups excluding carboxylic acids is 1. The van der Waals surface area contributed by atoms with Gasteiger partial charge in [-0.25, -0.2) is 0 Å². The minimum Gasteiger partial charge on any atom is -0.342 e. The zero-order valence-electron chi connectivity index (χ0n) is 10.9. The average molecular weight is 261 g/mol. The van der Waals surface area contributed by atoms with E-state index in [1.54, 1.807) is 6.07 Å². The normalized spacial score (nSPS) is 25.0. The maximum Gasteiger partial charge on any atom is 0.250 e. The summed E-state index contributed by atoms with van der Waals surface area (Å²) in [4.78, 5) is 25.8. The van der Waals surface area contributed by atoms with Crippen LogP contribution in [0.4, 0.5) is 0 Å². The number of hydrogen-bond acceptors (Lipinski definition) is 3. The molecule has 2 bridgehead atoms. The van der Waals surface area contributed by atoms with Crippen LogP contribution in [0, 0.1) is 5.92 Å². The molecule has 0 aliphatic carbocycles. The SMILES string of the molecule is NCCC(=O)N1C[C@@H]2C[C@@H](C1)c1cccc(=O)n1C2. The van der Waals surface area contributed by atoms with Crippen molar-refractivity contribution in [2.75, 3.05) is 19.6 Å². The molecule has 0 spiro atoms. The molecule has 19 heavy (non-hydrogen) atoms. The lowest BCUT2D eigenvalue weighted by Gasteiger charge is -2.42. The molecule has 0 radical (unpaired) electrons. The Kier molecular flexibility index (Phi) is 3.14. The van der Waals surface area contributed by atoms with Crippen molar-refractivity contribution in [3.05, 3.63) is 34.2 Å². The highest BCUT2D eigenvalue weighted by Crippen LogP contribution is 2.34. The minimum absolute atomic E-state index is 0.0777. The van der Waals surface area contributed by atoms with Crippen molar-refractivity contribution in [3.8, 4) is 0 Å². The van der Waals surface area contributed by atoms with Crippen LogP contribution in [-0.4, -0.2) is 35.0 Å². The summed E-state index contributed by atoms with van der Waals surface area (Å²) in [7, 11) is 0. The number of nitrogens with two attached hydrogens (primary N) is 1. The van der Waals surface area contributed by atoms with Crippen LogP contribution in [0.15, 0.2) is 23.0 Å². The highest BCUT2D eigenvalue weighted by molar-refractivity contribution is 5.76. The molecule has 0 saturated carbocycles. The van der Waals surface area contributed by atoms with Crippen LogP contribution in [-0.2, 0) is 11.3 Å². The number of likely N-dealkylation sites (tertiary alicyclic amines) is 1. The summed E-state index contributed by atoms with van der Waals surface area (Å²) in [6.45, 7) is 2.62. The van der Waals surface area contributed by atoms with Gasteiger partial charge in [-0.1, -0.05) is 6.07 Å². The zero-order chi connectivity index (χ0) is 13.4. The smallest absolute Gasteiger partial charge is 0.250 e. The third-order valence-corrected chi connectivity index (χ3v) is 4.19. The van der Waals surface area contributed by atoms with E-state index >= 15 is 0 Å². The van der Waals surface area contributed by atoms with Gasteiger partial charge >= 0.3 is 0 Å². The quantitative estimate of drug-likeness (QED) is 0.823. The van der Waals surface area contributed by atoms with Gasteiger partial charge in [-0.05, 0) is 18.4 Å². The number of rotatable bonds is 2. The number of amides is 1. The van der Waals surface area contributed by atoms with Gasteiger partial charge in [0, 0.05) is 50.3 Å². The van der Waals surface area contributed by atoms with Gasteiger partial charge in [-0.2, -0.15) is 0 Å². The molecular weight excluding hydrogens is 242 g/mol. The molecule has 2 aliphatic heterocycles. The lowest BCUT2D eigenvalue weighted by molar-refractivity contribution is -0.133. The fourth-order valence-corrected chi connectivity index (χ4v) is 3.38. The Morgan fingerprint density at radius 1 is 1.32 bits per heavy atom. The first-order chi connectivity index (χ1) is 9.19. The topological polar surface area (TPSA) is 68.3 Å². The molecule has 1 aromatic rings. The largest absolute Gasteiger partial charge is 0.342 e. The van der Waals surface area contributed by atoms with Gasteiger partial charge in [-0.15, -0.1) is 0 Å². The highest BCUT2D eigenvalue weighted by Gasteiger charge is 2.35. The van der Waals surface area contributed by atoms with Crippen LogP contribution >= 0.6 is 0 Å². The summed E-state index contributed by atoms with van der Waals surface area (Å²) in [5.74, 6) is 0.833. The van der Waals surface area contributed by atoms with Crippen LogP contribution < -0.4 is 11.3 Å². The number of aromatic nitrogens is 1. The average Bonchev–Trinajstić information content (AvgIpc) is 2.40. The second-order valence-electron chi connectivity index (χ2n) is 5.54. The van der Waals surface area contributed by atoms with E-state index in [0.29, 0.717) is 24.8 Å². The molecule has 0 aromatic carbocycles. The van der Waals surface area contributed by atoms with E-state index in [1.165, 1.54) is 0 Å². The lowest BCUT2D eigenvalue weighted by Crippen LogP contribution is -2.49. The van der Waals surface area contributed by atoms with Crippen molar-refractivity contribution in [2.45, 2.75) is 25.3 Å². The Bertz CT molecular complexity index is 552. The van der Waals surface area contributed by atoms with Gasteiger partial charge in [-0.3, -0.25) is 9.59 Å². The van der Waals surface area contributed by atoms with E-state index < -0.39 is 0 Å². The van der Waals surface area contributed by atoms with Crippen molar-refractivity contribution in [3.63, 3.8) is 0 Å². The molecule has 2 atom stereocenters. The van der Waals surface area contributed by atoms with Gasteiger partial charge in [0.25, 0.3) is 5.56 Å². The fourth-order valence-electron chi connectivity index (χ4n) is 3.38. The van der Waals surface area contributed by atoms with Crippen LogP contribution in [0.3, 0.4) is 0 Å². The molecule has 1 amide bonds. The van der Waals surface area contributed by atoms with Crippen LogP contribution in [0.5, 0.6) is 0 Å². The molecule has 0 unspecified atom stereocenters. The first-order valence-corrected chi connectivity index (χ1v) is 6.86. The van der Waals surface area contributed by atoms with Gasteiger partial charge in [0.05, 0.1) is 0 Å². The van der Waals surface area contributed by atoms with E-state index in [-0.39, 0.29) is 11.5 Å². The molecular formula is C14H19N3O2. The Morgan fingerprint density at radius 2 is 2.16 bits per heavy atom. The van der Waals surface area contributed by atoms with Crippen LogP contribution in [0.25, 0.3) is 0 Å². The Labute approximate surface area is 112 Å². The Morgan fingerprint density at radius 3 is 2.95 bits per heavy atom. The monoisotopic (exact) mass is 261 g/mol. The first-order valence-electron chi connectivity index (χ1n) is 6.86. The van der Waals surface area contributed by atoms with Crippen molar-refractivity contribution in [1.82, 2.24) is 9.47 Å². The molecule has 3 rings (SSSR count). The van der Waals surface area contributed by atoms with Gasteiger partial charge in [0.1, 0.15) is 0 Å². The van der Waals surface area contributed by atoms with Gasteiger partial charge in [0.2, 0.25) is 5.91 Å². The zero-order valence-corrected chi connectivity index (χ0v) is 10.9. The maximum atomic E-state index is 12.0. The van der Waals surface area contributed by atoms with Gasteiger partial charge in [0.15, 0.2) is 0 Å². The molecule has 5 heteroatoms. The standard InChI is InChI=1S/C14H19N3O2/c15-5-4-13(18)16-7-10-6-11(9-16)12-2-1-3-14(19)17(12)8-10/h1-3,10-11H,4-9,15H2/t10-,11-/m0/s1. The number of hydrogen-bond donors (Lipinski definition) is 1. The summed E-state index contributed by atoms with van der Waals surface area (Å²) in [5.41, 5.74) is 6.61. The summed E-state index contributed by atoms with van der Waals surface area (Å²) in [6, 6.07) is 5.44. The molecule has 2 aliphatic rings. The van der Waals surface area contributed by atoms with E-state index in [2.05, 4.69) is 0 Å². The number of nitrogens with zero attached hydrogens (tertiary/aromatic N) is 2. The van der Waals surface area contributed by atoms with Crippen LogP contribution in [0.2, 0.25) is 0 Å². The van der Waals surface area contributed by atoms with E-state index in [0.717, 1.165) is 31.7 Å². The van der Waals surface area contributed by atoms with Crippen molar-refractivity contribution < 1.29 is 4.79 Å². The number of carbonyl (C=O) groups is 1. The molecule has 1 fully saturated rings. The molecule has 3 heterocycles. The number of piperidine rings is 1. The first kappa shape index (κ1) is 12.4. The highest BCUT2D eigenvalue weighted by atomic mass is 16.2. The van der Waals surface area contributed by atoms with E-state index in [9.17, 15) is 9.59 Å². The third-order valence-electron chi connectivity index (χ3n) is 4.19. The number of fused-ring (bicyclic) bond motifs is 4. The maximum absolute atomic E-state index is 12.0. The Hall–Kier alpha value is -1.62. The van der Waals surface area contributed by atoms with Crippen LogP contribution in [0.1, 0.15) is 24.5 Å². The minimum atomic E-state index is 0.0777. The van der Waals surface area contributed by atoms with Gasteiger partial charge < -0.3 is 15.2 Å². The molecule has 102 valence electrons. The molecule has 1 aromatic heterocycles. The summed E-state index contributed by atoms with van der Waals surface area (Å²) < 4.78 is 1.88. The number of pyridine rings is 1. The molecule has 2 N–H and O–H groups in total. The van der Waals surface area contributed by atoms with Crippen molar-refractivity contribution in [1.29, 1.82) is 0 Å². The van der Waals surface area contributed by atoms with E-state index in [4.69, 9.17) is 5.73 Å². The van der Waals surface area contributed by atoms with E-state index in [1.807, 2.05) is 21.6 Å². The van der Waals surface area contributed by atoms with Crippen molar-refractivity contribution in [2.24, 2.45) is 11.7 Å². The van der Waals surface area contributed by atoms with Crippen molar-refractivity contribution >= 4 is 5.91 Å². The predicted octanol–water partition coefficient (Wildman–Crippen LogP) is 0.143. The predicted molar refractivity (Wildman–Crippen MR) is 71.8 cm³/mol. The molecule has 1 saturated heterocycles. The summed E-state index contributed by atoms with van der Waals surface area (Å²) in [5, 5.41) is 0. The fraction of sp³-hybridized carbons (Fsp3) is 0.571. The molecule has 5 nitrogen and oxygen atoms in total. The Balaban J connectivity index is 1.88. The second kappa shape index (κ2) is 4.81.